The number of aryl methyl sites for hydroxylation is 1. The highest BCUT2D eigenvalue weighted by Gasteiger charge is 2.35. The number of unbranched alkanes of at least 4 members (excludes halogenated alkanes) is 2. The molecule has 1 fully saturated rings. The molecule has 28 heavy (non-hydrogen) atoms. The van der Waals surface area contributed by atoms with Crippen LogP contribution in [0.5, 0.6) is 0 Å². The first-order valence-electron chi connectivity index (χ1n) is 10.1. The Kier molecular flexibility index (Phi) is 7.15. The number of amides is 2. The van der Waals surface area contributed by atoms with Gasteiger partial charge in [-0.3, -0.25) is 14.5 Å². The molecule has 2 aromatic carbocycles. The molecule has 0 saturated carbocycles. The smallest absolute Gasteiger partial charge is 0.238 e. The molecule has 1 atom stereocenters. The molecular weight excluding hydrogens is 368 g/mol. The Morgan fingerprint density at radius 3 is 2.75 bits per heavy atom. The summed E-state index contributed by atoms with van der Waals surface area (Å²) in [6.07, 6.45) is 4.51. The average Bonchev–Trinajstić information content (AvgIpc) is 3.09. The van der Waals surface area contributed by atoms with Crippen LogP contribution in [-0.2, 0) is 16.0 Å². The Hall–Kier alpha value is -2.27. The number of nitrogens with one attached hydrogen (secondary N) is 1. The first kappa shape index (κ1) is 20.5. The van der Waals surface area contributed by atoms with Crippen molar-refractivity contribution in [1.82, 2.24) is 0 Å². The van der Waals surface area contributed by atoms with Gasteiger partial charge in [-0.1, -0.05) is 57.0 Å². The normalized spacial score (nSPS) is 16.4. The lowest BCUT2D eigenvalue weighted by molar-refractivity contribution is -0.117. The summed E-state index contributed by atoms with van der Waals surface area (Å²) in [7, 11) is 0. The minimum Gasteiger partial charge on any atom is -0.326 e. The Morgan fingerprint density at radius 2 is 1.96 bits per heavy atom. The van der Waals surface area contributed by atoms with Gasteiger partial charge in [-0.05, 0) is 42.2 Å². The molecule has 4 nitrogen and oxygen atoms in total. The Balaban J connectivity index is 1.80. The van der Waals surface area contributed by atoms with Gasteiger partial charge in [0.1, 0.15) is 5.37 Å². The third-order valence-electron chi connectivity index (χ3n) is 4.96. The zero-order valence-electron chi connectivity index (χ0n) is 16.6. The molecule has 2 aromatic rings. The van der Waals surface area contributed by atoms with Crippen molar-refractivity contribution in [2.45, 2.75) is 51.3 Å². The van der Waals surface area contributed by atoms with Crippen LogP contribution in [0.1, 0.15) is 56.0 Å². The first-order chi connectivity index (χ1) is 13.6. The molecule has 0 radical (unpaired) electrons. The minimum absolute atomic E-state index is 0.0499. The van der Waals surface area contributed by atoms with E-state index in [-0.39, 0.29) is 17.2 Å². The van der Waals surface area contributed by atoms with Gasteiger partial charge in [0.2, 0.25) is 11.8 Å². The van der Waals surface area contributed by atoms with Crippen LogP contribution >= 0.6 is 11.8 Å². The Morgan fingerprint density at radius 1 is 1.14 bits per heavy atom. The van der Waals surface area contributed by atoms with Crippen molar-refractivity contribution >= 4 is 35.0 Å². The van der Waals surface area contributed by atoms with Crippen LogP contribution in [0.4, 0.5) is 11.4 Å². The zero-order valence-corrected chi connectivity index (χ0v) is 17.4. The fourth-order valence-electron chi connectivity index (χ4n) is 3.50. The van der Waals surface area contributed by atoms with Crippen LogP contribution in [0, 0.1) is 0 Å². The van der Waals surface area contributed by atoms with E-state index in [1.807, 2.05) is 47.4 Å². The second-order valence-electron chi connectivity index (χ2n) is 7.04. The third kappa shape index (κ3) is 4.76. The molecule has 0 bridgehead atoms. The lowest BCUT2D eigenvalue weighted by atomic mass is 10.1. The van der Waals surface area contributed by atoms with Crippen molar-refractivity contribution in [3.8, 4) is 0 Å². The van der Waals surface area contributed by atoms with Crippen LogP contribution in [0.25, 0.3) is 0 Å². The van der Waals surface area contributed by atoms with E-state index in [0.717, 1.165) is 42.6 Å². The van der Waals surface area contributed by atoms with Gasteiger partial charge in [-0.25, -0.2) is 0 Å². The largest absolute Gasteiger partial charge is 0.326 e. The van der Waals surface area contributed by atoms with E-state index in [0.29, 0.717) is 12.2 Å². The molecule has 0 spiro atoms. The van der Waals surface area contributed by atoms with Crippen molar-refractivity contribution in [3.05, 3.63) is 59.7 Å². The van der Waals surface area contributed by atoms with E-state index in [1.54, 1.807) is 11.8 Å². The van der Waals surface area contributed by atoms with Crippen molar-refractivity contribution in [1.29, 1.82) is 0 Å². The predicted octanol–water partition coefficient (Wildman–Crippen LogP) is 5.55. The monoisotopic (exact) mass is 396 g/mol. The van der Waals surface area contributed by atoms with Crippen molar-refractivity contribution < 1.29 is 9.59 Å². The molecule has 1 aliphatic rings. The number of carbonyl (C=O) groups is 2. The third-order valence-corrected chi connectivity index (χ3v) is 6.18. The van der Waals surface area contributed by atoms with Gasteiger partial charge in [0, 0.05) is 17.8 Å². The van der Waals surface area contributed by atoms with Crippen molar-refractivity contribution in [2.75, 3.05) is 16.0 Å². The van der Waals surface area contributed by atoms with E-state index >= 15 is 0 Å². The van der Waals surface area contributed by atoms with Gasteiger partial charge in [0.15, 0.2) is 0 Å². The predicted molar refractivity (Wildman–Crippen MR) is 118 cm³/mol. The van der Waals surface area contributed by atoms with E-state index in [2.05, 4.69) is 25.2 Å². The maximum atomic E-state index is 12.7. The fraction of sp³-hybridized carbons (Fsp3) is 0.391. The summed E-state index contributed by atoms with van der Waals surface area (Å²) in [5, 5.41) is 2.93. The lowest BCUT2D eigenvalue weighted by Gasteiger charge is -2.26. The maximum absolute atomic E-state index is 12.7. The summed E-state index contributed by atoms with van der Waals surface area (Å²) in [5.74, 6) is 0.648. The highest BCUT2D eigenvalue weighted by Crippen LogP contribution is 2.43. The van der Waals surface area contributed by atoms with Gasteiger partial charge in [0.25, 0.3) is 0 Å². The quantitative estimate of drug-likeness (QED) is 0.596. The van der Waals surface area contributed by atoms with Gasteiger partial charge in [-0.15, -0.1) is 11.8 Å². The highest BCUT2D eigenvalue weighted by atomic mass is 32.2. The van der Waals surface area contributed by atoms with Crippen molar-refractivity contribution in [3.63, 3.8) is 0 Å². The molecule has 0 aromatic heterocycles. The molecule has 2 amide bonds. The molecule has 1 unspecified atom stereocenters. The van der Waals surface area contributed by atoms with E-state index in [1.165, 1.54) is 5.56 Å². The van der Waals surface area contributed by atoms with Crippen LogP contribution in [0.3, 0.4) is 0 Å². The van der Waals surface area contributed by atoms with Crippen LogP contribution in [0.15, 0.2) is 48.5 Å². The standard InChI is InChI=1S/C23H28N2O2S/c1-3-5-6-14-21(26)24-19-12-9-11-18(15-19)23-25(22(27)16-28-23)20-13-8-7-10-17(20)4-2/h7-13,15,23H,3-6,14,16H2,1-2H3,(H,24,26). The van der Waals surface area contributed by atoms with Crippen molar-refractivity contribution in [2.24, 2.45) is 0 Å². The SMILES string of the molecule is CCCCCC(=O)Nc1cccc(C2SCC(=O)N2c2ccccc2CC)c1. The number of anilines is 2. The average molecular weight is 397 g/mol. The number of hydrogen-bond acceptors (Lipinski definition) is 3. The molecule has 148 valence electrons. The van der Waals surface area contributed by atoms with Crippen LogP contribution in [-0.4, -0.2) is 17.6 Å². The molecule has 5 heteroatoms. The summed E-state index contributed by atoms with van der Waals surface area (Å²) >= 11 is 1.63. The number of benzene rings is 2. The molecule has 3 rings (SSSR count). The number of rotatable bonds is 8. The van der Waals surface area contributed by atoms with E-state index in [4.69, 9.17) is 0 Å². The zero-order chi connectivity index (χ0) is 19.9. The second kappa shape index (κ2) is 9.78. The van der Waals surface area contributed by atoms with Gasteiger partial charge in [0.05, 0.1) is 5.75 Å². The molecule has 1 saturated heterocycles. The summed E-state index contributed by atoms with van der Waals surface area (Å²) < 4.78 is 0. The van der Waals surface area contributed by atoms with E-state index in [9.17, 15) is 9.59 Å². The molecular formula is C23H28N2O2S. The van der Waals surface area contributed by atoms with Crippen LogP contribution in [0.2, 0.25) is 0 Å². The number of thioether (sulfide) groups is 1. The maximum Gasteiger partial charge on any atom is 0.238 e. The topological polar surface area (TPSA) is 49.4 Å². The van der Waals surface area contributed by atoms with Gasteiger partial charge < -0.3 is 5.32 Å². The number of para-hydroxylation sites is 1. The molecule has 1 N–H and O–H groups in total. The molecule has 1 aliphatic heterocycles. The van der Waals surface area contributed by atoms with Crippen LogP contribution < -0.4 is 10.2 Å². The first-order valence-corrected chi connectivity index (χ1v) is 11.1. The molecule has 0 aliphatic carbocycles. The Bertz CT molecular complexity index is 837. The summed E-state index contributed by atoms with van der Waals surface area (Å²) in [5.41, 5.74) is 3.98. The fourth-order valence-corrected chi connectivity index (χ4v) is 4.66. The number of carbonyl (C=O) groups excluding carboxylic acids is 2. The van der Waals surface area contributed by atoms with Gasteiger partial charge in [-0.2, -0.15) is 0 Å². The lowest BCUT2D eigenvalue weighted by Crippen LogP contribution is -2.28. The number of hydrogen-bond donors (Lipinski definition) is 1. The number of nitrogens with zero attached hydrogens (tertiary/aromatic N) is 1. The summed E-state index contributed by atoms with van der Waals surface area (Å²) in [6.45, 7) is 4.24. The highest BCUT2D eigenvalue weighted by molar-refractivity contribution is 8.00. The molecule has 1 heterocycles. The summed E-state index contributed by atoms with van der Waals surface area (Å²) in [6, 6.07) is 16.0. The van der Waals surface area contributed by atoms with Gasteiger partial charge >= 0.3 is 0 Å². The second-order valence-corrected chi connectivity index (χ2v) is 8.11. The van der Waals surface area contributed by atoms with E-state index < -0.39 is 0 Å². The summed E-state index contributed by atoms with van der Waals surface area (Å²) in [4.78, 5) is 26.7. The Labute approximate surface area is 171 Å². The minimum atomic E-state index is -0.0721.